The highest BCUT2D eigenvalue weighted by Gasteiger charge is 2.51. The molecule has 0 unspecified atom stereocenters. The third kappa shape index (κ3) is 31.4. The van der Waals surface area contributed by atoms with Crippen molar-refractivity contribution in [3.8, 4) is 0 Å². The number of unbranched alkanes of at least 4 members (excludes halogenated alkanes) is 20. The van der Waals surface area contributed by atoms with Gasteiger partial charge in [0, 0.05) is 20.8 Å². The lowest BCUT2D eigenvalue weighted by Gasteiger charge is -2.44. The molecule has 0 radical (unpaired) electrons. The fourth-order valence-corrected chi connectivity index (χ4v) is 14.6. The Morgan fingerprint density at radius 2 is 0.976 bits per heavy atom. The van der Waals surface area contributed by atoms with Crippen LogP contribution in [0.1, 0.15) is 288 Å². The Labute approximate surface area is 522 Å². The van der Waals surface area contributed by atoms with E-state index >= 15 is 4.79 Å². The smallest absolute Gasteiger partial charge is 0.303 e. The number of aliphatic hydroxyl groups excluding tert-OH is 1. The van der Waals surface area contributed by atoms with Crippen LogP contribution in [0.4, 0.5) is 0 Å². The molecule has 1 saturated heterocycles. The molecule has 496 valence electrons. The number of carbonyl (C=O) groups is 4. The zero-order valence-corrected chi connectivity index (χ0v) is 59.3. The maximum absolute atomic E-state index is 15.2. The molecule has 3 fully saturated rings. The topological polar surface area (TPSA) is 165 Å². The van der Waals surface area contributed by atoms with Gasteiger partial charge >= 0.3 is 17.9 Å². The van der Waals surface area contributed by atoms with E-state index in [1.807, 2.05) is 0 Å². The lowest BCUT2D eigenvalue weighted by Crippen LogP contribution is -2.62. The molecular weight excluding hydrogens is 1100 g/mol. The van der Waals surface area contributed by atoms with Crippen LogP contribution in [0.2, 0.25) is 36.3 Å². The largest absolute Gasteiger partial charge is 0.463 e. The highest BCUT2D eigenvalue weighted by molar-refractivity contribution is 6.74. The van der Waals surface area contributed by atoms with Crippen molar-refractivity contribution in [1.82, 2.24) is 5.32 Å². The van der Waals surface area contributed by atoms with Crippen molar-refractivity contribution in [2.45, 2.75) is 373 Å². The second-order valence-corrected chi connectivity index (χ2v) is 38.9. The summed E-state index contributed by atoms with van der Waals surface area (Å²) in [6, 6.07) is -0.719. The lowest BCUT2D eigenvalue weighted by molar-refractivity contribution is -0.307. The second-order valence-electron chi connectivity index (χ2n) is 29.4. The van der Waals surface area contributed by atoms with Gasteiger partial charge in [-0.3, -0.25) is 19.2 Å². The number of esters is 3. The zero-order valence-electron chi connectivity index (χ0n) is 57.3. The molecule has 1 aliphatic heterocycles. The van der Waals surface area contributed by atoms with Gasteiger partial charge in [-0.25, -0.2) is 0 Å². The van der Waals surface area contributed by atoms with Gasteiger partial charge in [-0.15, -0.1) is 0 Å². The van der Waals surface area contributed by atoms with E-state index in [1.165, 1.54) is 188 Å². The summed E-state index contributed by atoms with van der Waals surface area (Å²) in [5.74, 6) is 1.45. The molecule has 2 saturated carbocycles. The molecule has 0 spiro atoms. The fraction of sp³-hybridized carbons (Fsp3) is 0.914. The van der Waals surface area contributed by atoms with Gasteiger partial charge in [0.1, 0.15) is 24.9 Å². The average molecular weight is 1230 g/mol. The standard InChI is InChI=1S/C70H131NO12Si2/c1-16-18-20-22-24-26-31-37-43-56-49-58(56)45-39-33-28-29-35-42-48-62(83-85(14,15)70(9,10)11)67(76)71-60(51-78-68-64(75)66(80-55(5)74)65(79-54(4)73)63(81-68)52-77-53(3)72)61(82-84(12,13)69(6,7)8)47-41-36-30-34-40-46-59-50-57(59)44-38-32-27-25-23-21-19-17-2/h29,35,56-66,68,75H,16-28,30-34,36-52H2,1-15H3,(H,71,76)/b35-29-/t56-,57+,58+,59-,60+,61-,62-,63-,64-,65+,66-,68-/m1/s1. The molecule has 0 aromatic heterocycles. The molecule has 13 nitrogen and oxygen atoms in total. The zero-order chi connectivity index (χ0) is 63.1. The van der Waals surface area contributed by atoms with E-state index in [9.17, 15) is 19.5 Å². The number of nitrogens with one attached hydrogen (secondary N) is 1. The van der Waals surface area contributed by atoms with E-state index in [1.54, 1.807) is 0 Å². The monoisotopic (exact) mass is 1230 g/mol. The number of hydrogen-bond acceptors (Lipinski definition) is 12. The summed E-state index contributed by atoms with van der Waals surface area (Å²) in [5.41, 5.74) is 0. The van der Waals surface area contributed by atoms with Crippen molar-refractivity contribution in [3.05, 3.63) is 12.2 Å². The summed E-state index contributed by atoms with van der Waals surface area (Å²) in [6.07, 6.45) is 37.6. The van der Waals surface area contributed by atoms with Crippen LogP contribution in [0.5, 0.6) is 0 Å². The van der Waals surface area contributed by atoms with Crippen LogP contribution in [-0.4, -0.2) is 108 Å². The summed E-state index contributed by atoms with van der Waals surface area (Å²) in [6.45, 7) is 29.7. The van der Waals surface area contributed by atoms with E-state index in [0.717, 1.165) is 49.4 Å². The summed E-state index contributed by atoms with van der Waals surface area (Å²) >= 11 is 0. The third-order valence-corrected chi connectivity index (χ3v) is 28.7. The Kier molecular flexibility index (Phi) is 36.8. The number of ether oxygens (including phenoxy) is 5. The SMILES string of the molecule is CCCCCCCCCC[C@@H]1C[C@@H]1CCCC/C=C\CC[C@@H](O[Si](C)(C)C(C)(C)C)C(=O)N[C@@H](CO[C@@H]1O[C@H](COC(C)=O)[C@H](OC(C)=O)[C@H](OC(C)=O)[C@H]1O)[C@@H](CCCCCCC[C@@H]1C[C@@H]1CCCCCCCCCC)O[Si](C)(C)C(C)(C)C. The summed E-state index contributed by atoms with van der Waals surface area (Å²) in [4.78, 5) is 52.2. The predicted molar refractivity (Wildman–Crippen MR) is 351 cm³/mol. The molecule has 85 heavy (non-hydrogen) atoms. The van der Waals surface area contributed by atoms with Crippen molar-refractivity contribution < 1.29 is 56.8 Å². The van der Waals surface area contributed by atoms with E-state index in [-0.39, 0.29) is 29.2 Å². The molecule has 3 aliphatic rings. The number of aliphatic hydroxyl groups is 1. The molecular formula is C70H131NO12Si2. The minimum atomic E-state index is -2.49. The van der Waals surface area contributed by atoms with Crippen molar-refractivity contribution in [2.24, 2.45) is 23.7 Å². The normalized spacial score (nSPS) is 23.8. The van der Waals surface area contributed by atoms with E-state index < -0.39 is 83.5 Å². The number of rotatable bonds is 48. The van der Waals surface area contributed by atoms with Crippen molar-refractivity contribution >= 4 is 40.4 Å². The van der Waals surface area contributed by atoms with Crippen LogP contribution in [0.25, 0.3) is 0 Å². The van der Waals surface area contributed by atoms with Gasteiger partial charge in [0.05, 0.1) is 18.8 Å². The van der Waals surface area contributed by atoms with Gasteiger partial charge in [-0.2, -0.15) is 0 Å². The second kappa shape index (κ2) is 40.6. The summed E-state index contributed by atoms with van der Waals surface area (Å²) in [5, 5.41) is 15.0. The minimum absolute atomic E-state index is 0.146. The highest BCUT2D eigenvalue weighted by Crippen LogP contribution is 2.47. The first-order valence-electron chi connectivity index (χ1n) is 34.9. The van der Waals surface area contributed by atoms with Crippen molar-refractivity contribution in [3.63, 3.8) is 0 Å². The number of amides is 1. The lowest BCUT2D eigenvalue weighted by atomic mass is 9.98. The summed E-state index contributed by atoms with van der Waals surface area (Å²) < 4.78 is 43.8. The Morgan fingerprint density at radius 1 is 0.553 bits per heavy atom. The first kappa shape index (κ1) is 77.1. The van der Waals surface area contributed by atoms with E-state index in [0.29, 0.717) is 19.3 Å². The maximum atomic E-state index is 15.2. The first-order valence-corrected chi connectivity index (χ1v) is 40.8. The van der Waals surface area contributed by atoms with Gasteiger partial charge in [0.15, 0.2) is 35.1 Å². The van der Waals surface area contributed by atoms with Crippen molar-refractivity contribution in [2.75, 3.05) is 13.2 Å². The van der Waals surface area contributed by atoms with Crippen LogP contribution >= 0.6 is 0 Å². The Hall–Kier alpha value is -2.15. The third-order valence-electron chi connectivity index (χ3n) is 19.7. The molecule has 2 aliphatic carbocycles. The highest BCUT2D eigenvalue weighted by atomic mass is 28.4. The molecule has 0 aromatic carbocycles. The molecule has 12 atom stereocenters. The van der Waals surface area contributed by atoms with Crippen LogP contribution < -0.4 is 5.32 Å². The molecule has 0 aromatic rings. The van der Waals surface area contributed by atoms with Gasteiger partial charge < -0.3 is 43.0 Å². The van der Waals surface area contributed by atoms with Gasteiger partial charge in [-0.05, 0) is 105 Å². The van der Waals surface area contributed by atoms with Crippen LogP contribution in [0, 0.1) is 23.7 Å². The van der Waals surface area contributed by atoms with Crippen LogP contribution in [0.15, 0.2) is 12.2 Å². The maximum Gasteiger partial charge on any atom is 0.303 e. The molecule has 15 heteroatoms. The van der Waals surface area contributed by atoms with Crippen LogP contribution in [-0.2, 0) is 51.7 Å². The van der Waals surface area contributed by atoms with Crippen LogP contribution in [0.3, 0.4) is 0 Å². The number of allylic oxidation sites excluding steroid dienone is 2. The average Bonchev–Trinajstić information content (AvgIpc) is 3.08. The number of carbonyl (C=O) groups excluding carboxylic acids is 4. The van der Waals surface area contributed by atoms with Gasteiger partial charge in [0.25, 0.3) is 0 Å². The molecule has 1 heterocycles. The Bertz CT molecular complexity index is 1880. The summed E-state index contributed by atoms with van der Waals surface area (Å²) in [7, 11) is -4.96. The predicted octanol–water partition coefficient (Wildman–Crippen LogP) is 17.7. The van der Waals surface area contributed by atoms with Crippen molar-refractivity contribution in [1.29, 1.82) is 0 Å². The fourth-order valence-electron chi connectivity index (χ4n) is 12.0. The first-order chi connectivity index (χ1) is 40.2. The Morgan fingerprint density at radius 3 is 1.44 bits per heavy atom. The molecule has 2 N–H and O–H groups in total. The molecule has 1 amide bonds. The quantitative estimate of drug-likeness (QED) is 0.0195. The minimum Gasteiger partial charge on any atom is -0.463 e. The molecule has 3 rings (SSSR count). The van der Waals surface area contributed by atoms with E-state index in [2.05, 4.69) is 99.0 Å². The van der Waals surface area contributed by atoms with E-state index in [4.69, 9.17) is 32.5 Å². The van der Waals surface area contributed by atoms with Gasteiger partial charge in [-0.1, -0.05) is 234 Å². The van der Waals surface area contributed by atoms with Gasteiger partial charge in [0.2, 0.25) is 5.91 Å². The number of hydrogen-bond donors (Lipinski definition) is 2. The Balaban J connectivity index is 1.79. The molecule has 0 bridgehead atoms.